The highest BCUT2D eigenvalue weighted by atomic mass is 32.1. The number of nitrogens with one attached hydrogen (secondary N) is 1. The van der Waals surface area contributed by atoms with Gasteiger partial charge < -0.3 is 10.1 Å². The highest BCUT2D eigenvalue weighted by Crippen LogP contribution is 2.42. The second kappa shape index (κ2) is 7.60. The molecule has 0 aliphatic carbocycles. The molecule has 4 aromatic rings. The lowest BCUT2D eigenvalue weighted by Crippen LogP contribution is -1.99. The van der Waals surface area contributed by atoms with Crippen LogP contribution in [-0.4, -0.2) is 16.6 Å². The Hall–Kier alpha value is -2.92. The maximum atomic E-state index is 5.59. The summed E-state index contributed by atoms with van der Waals surface area (Å²) < 4.78 is 5.59. The van der Waals surface area contributed by atoms with Crippen molar-refractivity contribution in [2.45, 2.75) is 27.7 Å². The van der Waals surface area contributed by atoms with E-state index in [2.05, 4.69) is 43.4 Å². The molecule has 28 heavy (non-hydrogen) atoms. The van der Waals surface area contributed by atoms with Crippen molar-refractivity contribution in [1.29, 1.82) is 0 Å². The van der Waals surface area contributed by atoms with Crippen LogP contribution >= 0.6 is 11.3 Å². The largest absolute Gasteiger partial charge is 0.494 e. The third-order valence-corrected chi connectivity index (χ3v) is 5.69. The van der Waals surface area contributed by atoms with Crippen molar-refractivity contribution >= 4 is 33.1 Å². The molecule has 1 N–H and O–H groups in total. The first-order valence-corrected chi connectivity index (χ1v) is 10.2. The Morgan fingerprint density at radius 3 is 2.43 bits per heavy atom. The summed E-state index contributed by atoms with van der Waals surface area (Å²) in [5, 5.41) is 4.61. The van der Waals surface area contributed by atoms with E-state index in [1.54, 1.807) is 11.3 Å². The summed E-state index contributed by atoms with van der Waals surface area (Å²) in [6, 6.07) is 16.5. The summed E-state index contributed by atoms with van der Waals surface area (Å²) in [5.41, 5.74) is 4.57. The molecule has 0 aliphatic rings. The van der Waals surface area contributed by atoms with Crippen LogP contribution in [-0.2, 0) is 0 Å². The van der Waals surface area contributed by atoms with Gasteiger partial charge >= 0.3 is 0 Å². The molecule has 4 nitrogen and oxygen atoms in total. The number of nitrogens with zero attached hydrogens (tertiary/aromatic N) is 2. The molecule has 0 bridgehead atoms. The second-order valence-corrected chi connectivity index (χ2v) is 7.93. The summed E-state index contributed by atoms with van der Waals surface area (Å²) in [6.45, 7) is 8.84. The number of aryl methyl sites for hydroxylation is 3. The quantitative estimate of drug-likeness (QED) is 0.427. The van der Waals surface area contributed by atoms with E-state index in [1.165, 1.54) is 16.0 Å². The van der Waals surface area contributed by atoms with E-state index >= 15 is 0 Å². The zero-order valence-corrected chi connectivity index (χ0v) is 17.4. The summed E-state index contributed by atoms with van der Waals surface area (Å²) in [4.78, 5) is 11.7. The lowest BCUT2D eigenvalue weighted by molar-refractivity contribution is 0.340. The van der Waals surface area contributed by atoms with E-state index in [4.69, 9.17) is 14.7 Å². The van der Waals surface area contributed by atoms with Gasteiger partial charge in [-0.3, -0.25) is 0 Å². The molecule has 0 aliphatic heterocycles. The Morgan fingerprint density at radius 2 is 1.71 bits per heavy atom. The summed E-state index contributed by atoms with van der Waals surface area (Å²) >= 11 is 1.71. The van der Waals surface area contributed by atoms with Gasteiger partial charge in [0, 0.05) is 16.1 Å². The van der Waals surface area contributed by atoms with Crippen molar-refractivity contribution in [2.24, 2.45) is 0 Å². The summed E-state index contributed by atoms with van der Waals surface area (Å²) in [5.74, 6) is 2.50. The number of fused-ring (bicyclic) bond motifs is 1. The summed E-state index contributed by atoms with van der Waals surface area (Å²) in [7, 11) is 0. The number of aromatic nitrogens is 2. The van der Waals surface area contributed by atoms with Gasteiger partial charge in [0.1, 0.15) is 22.2 Å². The van der Waals surface area contributed by atoms with Crippen LogP contribution in [0.1, 0.15) is 23.2 Å². The minimum atomic E-state index is 0.664. The van der Waals surface area contributed by atoms with Gasteiger partial charge in [0.25, 0.3) is 0 Å². The Balaban J connectivity index is 1.87. The van der Waals surface area contributed by atoms with Crippen LogP contribution in [0.4, 0.5) is 11.5 Å². The molecule has 0 fully saturated rings. The Kier molecular flexibility index (Phi) is 5.01. The molecule has 4 rings (SSSR count). The minimum absolute atomic E-state index is 0.664. The number of benzene rings is 2. The Morgan fingerprint density at radius 1 is 0.964 bits per heavy atom. The van der Waals surface area contributed by atoms with Gasteiger partial charge in [-0.15, -0.1) is 11.3 Å². The molecule has 2 aromatic heterocycles. The fourth-order valence-corrected chi connectivity index (χ4v) is 4.47. The first-order valence-electron chi connectivity index (χ1n) is 9.40. The van der Waals surface area contributed by atoms with Crippen LogP contribution in [0, 0.1) is 20.8 Å². The zero-order valence-electron chi connectivity index (χ0n) is 16.5. The van der Waals surface area contributed by atoms with Crippen molar-refractivity contribution in [3.05, 3.63) is 64.8 Å². The highest BCUT2D eigenvalue weighted by Gasteiger charge is 2.18. The van der Waals surface area contributed by atoms with Gasteiger partial charge in [0.15, 0.2) is 0 Å². The standard InChI is InChI=1S/C23H23N3OS/c1-5-27-18-12-10-17(11-13-18)20-15(3)28-23-21(20)22(24-16(4)25-23)26-19-9-7-6-8-14(19)2/h6-13H,5H2,1-4H3,(H,24,25,26). The smallest absolute Gasteiger partial charge is 0.143 e. The van der Waals surface area contributed by atoms with E-state index in [0.29, 0.717) is 6.61 Å². The van der Waals surface area contributed by atoms with Gasteiger partial charge in [-0.1, -0.05) is 30.3 Å². The Bertz CT molecular complexity index is 1130. The fourth-order valence-electron chi connectivity index (χ4n) is 3.38. The average molecular weight is 390 g/mol. The molecular formula is C23H23N3OS. The molecule has 0 saturated heterocycles. The first-order chi connectivity index (χ1) is 13.6. The normalized spacial score (nSPS) is 11.0. The molecule has 0 unspecified atom stereocenters. The summed E-state index contributed by atoms with van der Waals surface area (Å²) in [6.07, 6.45) is 0. The van der Waals surface area contributed by atoms with Crippen molar-refractivity contribution in [3.63, 3.8) is 0 Å². The van der Waals surface area contributed by atoms with E-state index in [0.717, 1.165) is 38.9 Å². The van der Waals surface area contributed by atoms with E-state index in [-0.39, 0.29) is 0 Å². The number of thiophene rings is 1. The molecule has 5 heteroatoms. The fraction of sp³-hybridized carbons (Fsp3) is 0.217. The molecule has 0 spiro atoms. The van der Waals surface area contributed by atoms with E-state index in [9.17, 15) is 0 Å². The van der Waals surface area contributed by atoms with Crippen molar-refractivity contribution in [2.75, 3.05) is 11.9 Å². The average Bonchev–Trinajstić information content (AvgIpc) is 3.00. The molecule has 0 radical (unpaired) electrons. The molecule has 142 valence electrons. The van der Waals surface area contributed by atoms with Crippen LogP contribution < -0.4 is 10.1 Å². The molecule has 0 amide bonds. The van der Waals surface area contributed by atoms with Gasteiger partial charge in [-0.25, -0.2) is 9.97 Å². The van der Waals surface area contributed by atoms with Crippen LogP contribution in [0.3, 0.4) is 0 Å². The third kappa shape index (κ3) is 3.45. The monoisotopic (exact) mass is 389 g/mol. The van der Waals surface area contributed by atoms with Crippen LogP contribution in [0.25, 0.3) is 21.3 Å². The molecule has 0 atom stereocenters. The SMILES string of the molecule is CCOc1ccc(-c2c(C)sc3nc(C)nc(Nc4ccccc4C)c23)cc1. The zero-order chi connectivity index (χ0) is 19.7. The maximum absolute atomic E-state index is 5.59. The van der Waals surface area contributed by atoms with Crippen molar-refractivity contribution in [1.82, 2.24) is 9.97 Å². The number of ether oxygens (including phenoxy) is 1. The Labute approximate surface area is 169 Å². The number of rotatable bonds is 5. The first kappa shape index (κ1) is 18.4. The second-order valence-electron chi connectivity index (χ2n) is 6.73. The topological polar surface area (TPSA) is 47.0 Å². The predicted octanol–water partition coefficient (Wildman–Crippen LogP) is 6.43. The predicted molar refractivity (Wildman–Crippen MR) is 118 cm³/mol. The van der Waals surface area contributed by atoms with Gasteiger partial charge in [0.2, 0.25) is 0 Å². The maximum Gasteiger partial charge on any atom is 0.143 e. The highest BCUT2D eigenvalue weighted by molar-refractivity contribution is 7.19. The number of para-hydroxylation sites is 1. The van der Waals surface area contributed by atoms with Gasteiger partial charge in [-0.05, 0) is 57.0 Å². The lowest BCUT2D eigenvalue weighted by atomic mass is 10.0. The minimum Gasteiger partial charge on any atom is -0.494 e. The molecule has 2 aromatic carbocycles. The van der Waals surface area contributed by atoms with Crippen LogP contribution in [0.5, 0.6) is 5.75 Å². The van der Waals surface area contributed by atoms with Gasteiger partial charge in [-0.2, -0.15) is 0 Å². The van der Waals surface area contributed by atoms with E-state index < -0.39 is 0 Å². The number of anilines is 2. The molecule has 0 saturated carbocycles. The number of hydrogen-bond donors (Lipinski definition) is 1. The lowest BCUT2D eigenvalue weighted by Gasteiger charge is -2.12. The van der Waals surface area contributed by atoms with Crippen LogP contribution in [0.2, 0.25) is 0 Å². The molecular weight excluding hydrogens is 366 g/mol. The number of hydrogen-bond acceptors (Lipinski definition) is 5. The van der Waals surface area contributed by atoms with Gasteiger partial charge in [0.05, 0.1) is 12.0 Å². The molecule has 2 heterocycles. The van der Waals surface area contributed by atoms with Crippen LogP contribution in [0.15, 0.2) is 48.5 Å². The van der Waals surface area contributed by atoms with E-state index in [1.807, 2.05) is 38.1 Å². The third-order valence-electron chi connectivity index (χ3n) is 4.69. The van der Waals surface area contributed by atoms with Crippen molar-refractivity contribution < 1.29 is 4.74 Å². The van der Waals surface area contributed by atoms with Crippen molar-refractivity contribution in [3.8, 4) is 16.9 Å².